The van der Waals surface area contributed by atoms with Gasteiger partial charge in [0, 0.05) is 6.42 Å². The van der Waals surface area contributed by atoms with Crippen molar-refractivity contribution >= 4 is 50.5 Å². The van der Waals surface area contributed by atoms with Gasteiger partial charge in [-0.3, -0.25) is 13.9 Å². The smallest absolute Gasteiger partial charge is 0.380 e. The molecule has 0 bridgehead atoms. The highest BCUT2D eigenvalue weighted by Crippen LogP contribution is 2.53. The molecular formula is C28H39N5O9P2S. The van der Waals surface area contributed by atoms with Crippen LogP contribution in [0.4, 0.5) is 5.95 Å². The third-order valence-corrected chi connectivity index (χ3v) is 9.29. The Labute approximate surface area is 268 Å². The first kappa shape index (κ1) is 35.1. The van der Waals surface area contributed by atoms with Gasteiger partial charge in [-0.15, -0.1) is 0 Å². The zero-order chi connectivity index (χ0) is 33.0. The summed E-state index contributed by atoms with van der Waals surface area (Å²) in [5.74, 6) is -0.836. The summed E-state index contributed by atoms with van der Waals surface area (Å²) in [6.45, 7) is 7.74. The summed E-state index contributed by atoms with van der Waals surface area (Å²) in [4.78, 5) is 25.5. The number of aliphatic hydroxyl groups excluding tert-OH is 1. The predicted molar refractivity (Wildman–Crippen MR) is 170 cm³/mol. The number of hydrogen-bond acceptors (Lipinski definition) is 14. The summed E-state index contributed by atoms with van der Waals surface area (Å²) in [6.07, 6.45) is -1.29. The number of nitrogens with zero attached hydrogens (tertiary/aromatic N) is 4. The second-order valence-electron chi connectivity index (χ2n) is 12.0. The number of esters is 1. The van der Waals surface area contributed by atoms with Crippen LogP contribution in [0.2, 0.25) is 0 Å². The van der Waals surface area contributed by atoms with Crippen LogP contribution >= 0.6 is 15.6 Å². The Kier molecular flexibility index (Phi) is 11.2. The second-order valence-corrected chi connectivity index (χ2v) is 14.0. The molecule has 3 N–H and O–H groups in total. The van der Waals surface area contributed by atoms with Crippen molar-refractivity contribution < 1.29 is 42.5 Å². The number of hydrogen-bond donors (Lipinski definition) is 2. The van der Waals surface area contributed by atoms with Crippen molar-refractivity contribution in [3.05, 3.63) is 36.7 Å². The molecule has 0 radical (unpaired) electrons. The predicted octanol–water partition coefficient (Wildman–Crippen LogP) is 3.94. The fraction of sp³-hybridized carbons (Fsp3) is 0.571. The Bertz CT molecular complexity index is 1520. The Morgan fingerprint density at radius 2 is 1.98 bits per heavy atom. The molecule has 17 heteroatoms. The summed E-state index contributed by atoms with van der Waals surface area (Å²) < 4.78 is 50.4. The van der Waals surface area contributed by atoms with Crippen LogP contribution in [-0.4, -0.2) is 81.5 Å². The molecule has 2 aliphatic rings. The number of anilines is 1. The van der Waals surface area contributed by atoms with Gasteiger partial charge in [0.1, 0.15) is 23.6 Å². The summed E-state index contributed by atoms with van der Waals surface area (Å²) in [7, 11) is 0.0323. The molecule has 0 aliphatic carbocycles. The van der Waals surface area contributed by atoms with Crippen LogP contribution in [0.25, 0.3) is 11.2 Å². The number of carbonyl (C=O) groups excluding carboxylic acids is 1. The molecular weight excluding hydrogens is 644 g/mol. The van der Waals surface area contributed by atoms with Gasteiger partial charge in [0.15, 0.2) is 17.4 Å². The van der Waals surface area contributed by atoms with Crippen LogP contribution in [0.3, 0.4) is 0 Å². The van der Waals surface area contributed by atoms with Crippen LogP contribution in [-0.2, 0) is 39.9 Å². The summed E-state index contributed by atoms with van der Waals surface area (Å²) >= 11 is 3.89. The van der Waals surface area contributed by atoms with Crippen LogP contribution in [0, 0.1) is 11.3 Å². The maximum atomic E-state index is 14.1. The summed E-state index contributed by atoms with van der Waals surface area (Å²) in [6, 6.07) is 8.53. The van der Waals surface area contributed by atoms with E-state index in [9.17, 15) is 14.5 Å². The minimum atomic E-state index is -3.97. The average Bonchev–Trinajstić information content (AvgIpc) is 3.53. The van der Waals surface area contributed by atoms with Crippen molar-refractivity contribution in [3.63, 3.8) is 0 Å². The monoisotopic (exact) mass is 683 g/mol. The number of para-hydroxylation sites is 1. The Morgan fingerprint density at radius 1 is 1.29 bits per heavy atom. The van der Waals surface area contributed by atoms with E-state index in [1.54, 1.807) is 41.8 Å². The molecule has 2 saturated heterocycles. The van der Waals surface area contributed by atoms with Crippen LogP contribution in [0.1, 0.15) is 40.3 Å². The molecule has 3 unspecified atom stereocenters. The first-order valence-corrected chi connectivity index (χ1v) is 17.6. The lowest BCUT2D eigenvalue weighted by atomic mass is 9.86. The highest BCUT2D eigenvalue weighted by Gasteiger charge is 2.62. The highest BCUT2D eigenvalue weighted by atomic mass is 32.4. The van der Waals surface area contributed by atoms with Crippen molar-refractivity contribution in [2.75, 3.05) is 38.8 Å². The number of benzene rings is 1. The van der Waals surface area contributed by atoms with Crippen LogP contribution in [0.5, 0.6) is 11.6 Å². The molecule has 3 aromatic rings. The first-order chi connectivity index (χ1) is 21.3. The molecule has 1 spiro atoms. The zero-order valence-corrected chi connectivity index (χ0v) is 28.5. The minimum absolute atomic E-state index is 0.0257. The fourth-order valence-electron chi connectivity index (χ4n) is 5.02. The van der Waals surface area contributed by atoms with Crippen LogP contribution in [0.15, 0.2) is 36.7 Å². The Balaban J connectivity index is 0.00000226. The van der Waals surface area contributed by atoms with Gasteiger partial charge in [0.05, 0.1) is 45.3 Å². The number of nitrogen functional groups attached to an aromatic ring is 1. The lowest BCUT2D eigenvalue weighted by Crippen LogP contribution is -2.56. The first-order valence-electron chi connectivity index (χ1n) is 14.2. The van der Waals surface area contributed by atoms with E-state index in [-0.39, 0.29) is 36.6 Å². The topological polar surface area (TPSA) is 179 Å². The second kappa shape index (κ2) is 14.3. The van der Waals surface area contributed by atoms with E-state index >= 15 is 0 Å². The SMILES string of the molecule is COc1nc(N)nc2c1ncn2C1OC(COP(=O)(C[C@@H](C)C(=O)OCC(C)(C)C)Oc2ccccc2)[C@@H](O)[C@]12CCO2.P=S. The van der Waals surface area contributed by atoms with E-state index in [2.05, 4.69) is 34.8 Å². The number of aliphatic hydroxyl groups is 1. The van der Waals surface area contributed by atoms with Gasteiger partial charge in [-0.25, -0.2) is 9.55 Å². The minimum Gasteiger partial charge on any atom is -0.479 e. The van der Waals surface area contributed by atoms with Crippen molar-refractivity contribution in [2.45, 2.75) is 58.2 Å². The zero-order valence-electron chi connectivity index (χ0n) is 25.7. The number of aromatic nitrogens is 4. The lowest BCUT2D eigenvalue weighted by molar-refractivity contribution is -0.225. The van der Waals surface area contributed by atoms with E-state index in [1.165, 1.54) is 13.4 Å². The van der Waals surface area contributed by atoms with Crippen molar-refractivity contribution in [2.24, 2.45) is 11.3 Å². The van der Waals surface area contributed by atoms with Gasteiger partial charge in [-0.1, -0.05) is 57.7 Å². The fourth-order valence-corrected chi connectivity index (χ4v) is 6.89. The Morgan fingerprint density at radius 3 is 2.58 bits per heavy atom. The third-order valence-electron chi connectivity index (χ3n) is 7.26. The number of rotatable bonds is 11. The molecule has 6 atom stereocenters. The quantitative estimate of drug-likeness (QED) is 0.219. The van der Waals surface area contributed by atoms with Crippen molar-refractivity contribution in [3.8, 4) is 11.6 Å². The van der Waals surface area contributed by atoms with Crippen molar-refractivity contribution in [1.82, 2.24) is 19.5 Å². The molecule has 246 valence electrons. The molecule has 5 rings (SSSR count). The summed E-state index contributed by atoms with van der Waals surface area (Å²) in [5, 5.41) is 11.4. The van der Waals surface area contributed by atoms with E-state index in [0.717, 1.165) is 0 Å². The number of nitrogens with two attached hydrogens (primary N) is 1. The molecule has 1 aromatic carbocycles. The van der Waals surface area contributed by atoms with Gasteiger partial charge in [-0.2, -0.15) is 9.97 Å². The number of carbonyl (C=O) groups is 1. The van der Waals surface area contributed by atoms with E-state index in [0.29, 0.717) is 29.9 Å². The normalized spacial score (nSPS) is 24.6. The van der Waals surface area contributed by atoms with Crippen LogP contribution < -0.4 is 15.0 Å². The number of methoxy groups -OCH3 is 1. The molecule has 4 heterocycles. The van der Waals surface area contributed by atoms with Gasteiger partial charge in [0.2, 0.25) is 11.8 Å². The van der Waals surface area contributed by atoms with E-state index in [1.807, 2.05) is 20.8 Å². The molecule has 45 heavy (non-hydrogen) atoms. The van der Waals surface area contributed by atoms with Gasteiger partial charge in [0.25, 0.3) is 0 Å². The summed E-state index contributed by atoms with van der Waals surface area (Å²) in [5.41, 5.74) is 5.22. The largest absolute Gasteiger partial charge is 0.479 e. The molecule has 2 aromatic heterocycles. The Hall–Kier alpha value is -2.77. The van der Waals surface area contributed by atoms with Gasteiger partial charge >= 0.3 is 13.6 Å². The van der Waals surface area contributed by atoms with Gasteiger partial charge in [-0.05, 0) is 25.6 Å². The molecule has 0 amide bonds. The molecule has 0 saturated carbocycles. The molecule has 2 fully saturated rings. The number of fused-ring (bicyclic) bond motifs is 1. The highest BCUT2D eigenvalue weighted by molar-refractivity contribution is 7.88. The van der Waals surface area contributed by atoms with E-state index in [4.69, 9.17) is 33.7 Å². The average molecular weight is 684 g/mol. The standard InChI is InChI=1S/C28H38N5O9P.HPS/c1-17(24(35)38-15-27(2,3)4)14-43(36,42-18-9-7-6-8-10-18)40-13-19-21(34)28(11-12-39-28)25(41-19)33-16-30-20-22(33)31-26(29)32-23(20)37-5;1-2/h6-10,16-17,19,21,25,34H,11-15H2,1-5H3,(H2,29,31,32);1H/t17-,19?,21-,25?,28-,43?;/m1./s1. The number of ether oxygens (including phenoxy) is 4. The molecule has 14 nitrogen and oxygen atoms in total. The lowest BCUT2D eigenvalue weighted by Gasteiger charge is -2.44. The maximum absolute atomic E-state index is 14.1. The number of imidazole rings is 1. The van der Waals surface area contributed by atoms with Gasteiger partial charge < -0.3 is 34.3 Å². The van der Waals surface area contributed by atoms with E-state index < -0.39 is 43.5 Å². The van der Waals surface area contributed by atoms with Crippen molar-refractivity contribution in [1.29, 1.82) is 0 Å². The molecule has 2 aliphatic heterocycles. The maximum Gasteiger partial charge on any atom is 0.380 e. The third kappa shape index (κ3) is 7.79.